The fourth-order valence-corrected chi connectivity index (χ4v) is 5.73. The second-order valence-electron chi connectivity index (χ2n) is 8.17. The molecule has 2 aromatic rings. The van der Waals surface area contributed by atoms with E-state index in [1.165, 1.54) is 18.8 Å². The molecule has 31 heavy (non-hydrogen) atoms. The Labute approximate surface area is 191 Å². The molecule has 4 rings (SSSR count). The monoisotopic (exact) mass is 501 g/mol. The van der Waals surface area contributed by atoms with Crippen LogP contribution in [0, 0.1) is 0 Å². The van der Waals surface area contributed by atoms with Gasteiger partial charge in [-0.3, -0.25) is 9.78 Å². The van der Waals surface area contributed by atoms with Crippen molar-refractivity contribution >= 4 is 48.6 Å². The molecule has 0 radical (unpaired) electrons. The number of carbonyl (C=O) groups excluding carboxylic acids is 1. The van der Waals surface area contributed by atoms with Gasteiger partial charge >= 0.3 is 0 Å². The highest BCUT2D eigenvalue weighted by molar-refractivity contribution is 9.10. The van der Waals surface area contributed by atoms with Gasteiger partial charge in [-0.25, -0.2) is 13.4 Å². The number of hydrogen-bond acceptors (Lipinski definition) is 6. The van der Waals surface area contributed by atoms with E-state index >= 15 is 0 Å². The molecule has 1 aliphatic heterocycles. The highest BCUT2D eigenvalue weighted by atomic mass is 79.9. The molecule has 0 saturated carbocycles. The molecule has 1 saturated heterocycles. The summed E-state index contributed by atoms with van der Waals surface area (Å²) < 4.78 is 26.0. The predicted molar refractivity (Wildman–Crippen MR) is 126 cm³/mol. The maximum Gasteiger partial charge on any atom is 0.204 e. The number of allylic oxidation sites excluding steroid dienone is 2. The number of anilines is 1. The van der Waals surface area contributed by atoms with Gasteiger partial charge in [0.25, 0.3) is 0 Å². The van der Waals surface area contributed by atoms with Crippen LogP contribution in [-0.4, -0.2) is 43.2 Å². The summed E-state index contributed by atoms with van der Waals surface area (Å²) in [5.41, 5.74) is 2.59. The standard InChI is InChI=1S/C23H24BrN3O3S/c1-14-5-4-6-15(2)27(14)16-7-8-18(21(13-16)31(3,29)30)26-19-9-10-20(28)23-22(19)17(24)11-12-25-23/h7-15H,4-6H2,1-3H3. The lowest BCUT2D eigenvalue weighted by molar-refractivity contribution is 0.104. The van der Waals surface area contributed by atoms with Crippen molar-refractivity contribution in [1.82, 2.24) is 4.98 Å². The molecule has 2 atom stereocenters. The Kier molecular flexibility index (Phi) is 5.87. The summed E-state index contributed by atoms with van der Waals surface area (Å²) in [6, 6.07) is 7.83. The number of carbonyl (C=O) groups is 1. The lowest BCUT2D eigenvalue weighted by Crippen LogP contribution is -2.43. The van der Waals surface area contributed by atoms with E-state index in [4.69, 9.17) is 0 Å². The smallest absolute Gasteiger partial charge is 0.204 e. The average Bonchev–Trinajstić information content (AvgIpc) is 2.70. The Morgan fingerprint density at radius 1 is 1.13 bits per heavy atom. The van der Waals surface area contributed by atoms with Gasteiger partial charge in [-0.15, -0.1) is 0 Å². The summed E-state index contributed by atoms with van der Waals surface area (Å²) >= 11 is 3.47. The number of rotatable bonds is 3. The zero-order chi connectivity index (χ0) is 22.3. The predicted octanol–water partition coefficient (Wildman–Crippen LogP) is 4.89. The van der Waals surface area contributed by atoms with Crippen molar-refractivity contribution in [2.75, 3.05) is 11.2 Å². The number of pyridine rings is 1. The molecule has 1 fully saturated rings. The zero-order valence-electron chi connectivity index (χ0n) is 17.7. The van der Waals surface area contributed by atoms with Crippen molar-refractivity contribution in [1.29, 1.82) is 0 Å². The quantitative estimate of drug-likeness (QED) is 0.597. The van der Waals surface area contributed by atoms with E-state index in [1.54, 1.807) is 30.5 Å². The Balaban J connectivity index is 1.85. The third kappa shape index (κ3) is 4.23. The SMILES string of the molecule is CC1CCCC(C)N1c1ccc(N=C2C=CC(=O)c3nccc(Br)c32)c(S(C)(=O)=O)c1. The Bertz CT molecular complexity index is 1210. The Hall–Kier alpha value is -2.32. The minimum Gasteiger partial charge on any atom is -0.366 e. The van der Waals surface area contributed by atoms with Gasteiger partial charge in [-0.05, 0) is 85.5 Å². The number of aromatic nitrogens is 1. The average molecular weight is 502 g/mol. The second kappa shape index (κ2) is 8.31. The summed E-state index contributed by atoms with van der Waals surface area (Å²) in [7, 11) is -3.53. The van der Waals surface area contributed by atoms with Crippen molar-refractivity contribution in [3.05, 3.63) is 58.3 Å². The van der Waals surface area contributed by atoms with E-state index in [2.05, 4.69) is 44.7 Å². The topological polar surface area (TPSA) is 79.7 Å². The molecular weight excluding hydrogens is 478 g/mol. The van der Waals surface area contributed by atoms with Crippen molar-refractivity contribution in [2.24, 2.45) is 4.99 Å². The van der Waals surface area contributed by atoms with Crippen molar-refractivity contribution in [3.63, 3.8) is 0 Å². The molecule has 0 spiro atoms. The molecule has 1 aliphatic carbocycles. The van der Waals surface area contributed by atoms with E-state index in [-0.39, 0.29) is 10.7 Å². The minimum absolute atomic E-state index is 0.175. The number of sulfone groups is 1. The molecule has 1 aromatic heterocycles. The van der Waals surface area contributed by atoms with Crippen LogP contribution >= 0.6 is 15.9 Å². The van der Waals surface area contributed by atoms with Crippen LogP contribution in [0.2, 0.25) is 0 Å². The Morgan fingerprint density at radius 2 is 1.84 bits per heavy atom. The third-order valence-electron chi connectivity index (χ3n) is 5.86. The van der Waals surface area contributed by atoms with Crippen LogP contribution in [-0.2, 0) is 9.84 Å². The highest BCUT2D eigenvalue weighted by Gasteiger charge is 2.27. The molecule has 162 valence electrons. The van der Waals surface area contributed by atoms with Crippen molar-refractivity contribution in [2.45, 2.75) is 50.1 Å². The fourth-order valence-electron chi connectivity index (χ4n) is 4.39. The lowest BCUT2D eigenvalue weighted by atomic mass is 9.96. The molecule has 6 nitrogen and oxygen atoms in total. The van der Waals surface area contributed by atoms with E-state index in [0.29, 0.717) is 39.2 Å². The van der Waals surface area contributed by atoms with Gasteiger partial charge in [-0.1, -0.05) is 0 Å². The molecule has 0 amide bonds. The molecule has 0 N–H and O–H groups in total. The molecular formula is C23H24BrN3O3S. The summed E-state index contributed by atoms with van der Waals surface area (Å²) in [5, 5.41) is 0. The van der Waals surface area contributed by atoms with Crippen LogP contribution in [0.3, 0.4) is 0 Å². The number of halogens is 1. The number of benzene rings is 1. The van der Waals surface area contributed by atoms with Crippen LogP contribution in [0.1, 0.15) is 49.2 Å². The van der Waals surface area contributed by atoms with Crippen LogP contribution in [0.5, 0.6) is 0 Å². The largest absolute Gasteiger partial charge is 0.366 e. The third-order valence-corrected chi connectivity index (χ3v) is 7.64. The summed E-state index contributed by atoms with van der Waals surface area (Å²) in [5.74, 6) is -0.206. The highest BCUT2D eigenvalue weighted by Crippen LogP contribution is 2.35. The van der Waals surface area contributed by atoms with Gasteiger partial charge in [0, 0.05) is 40.3 Å². The van der Waals surface area contributed by atoms with Gasteiger partial charge < -0.3 is 4.90 Å². The van der Waals surface area contributed by atoms with Crippen molar-refractivity contribution < 1.29 is 13.2 Å². The molecule has 2 heterocycles. The first kappa shape index (κ1) is 21.9. The fraction of sp³-hybridized carbons (Fsp3) is 0.348. The number of piperidine rings is 1. The molecule has 2 unspecified atom stereocenters. The first-order chi connectivity index (χ1) is 14.7. The Morgan fingerprint density at radius 3 is 2.52 bits per heavy atom. The second-order valence-corrected chi connectivity index (χ2v) is 11.0. The molecule has 1 aromatic carbocycles. The maximum atomic E-state index is 12.7. The normalized spacial score (nSPS) is 22.6. The number of nitrogens with zero attached hydrogens (tertiary/aromatic N) is 3. The van der Waals surface area contributed by atoms with Gasteiger partial charge in [0.05, 0.1) is 16.3 Å². The number of fused-ring (bicyclic) bond motifs is 1. The van der Waals surface area contributed by atoms with Gasteiger partial charge in [0.2, 0.25) is 5.78 Å². The molecule has 8 heteroatoms. The van der Waals surface area contributed by atoms with E-state index in [0.717, 1.165) is 18.5 Å². The first-order valence-electron chi connectivity index (χ1n) is 10.2. The van der Waals surface area contributed by atoms with E-state index < -0.39 is 9.84 Å². The van der Waals surface area contributed by atoms with Crippen molar-refractivity contribution in [3.8, 4) is 0 Å². The number of ketones is 1. The van der Waals surface area contributed by atoms with Gasteiger partial charge in [0.15, 0.2) is 9.84 Å². The van der Waals surface area contributed by atoms with Gasteiger partial charge in [0.1, 0.15) is 5.69 Å². The van der Waals surface area contributed by atoms with E-state index in [9.17, 15) is 13.2 Å². The van der Waals surface area contributed by atoms with E-state index in [1.807, 2.05) is 6.07 Å². The van der Waals surface area contributed by atoms with Gasteiger partial charge in [-0.2, -0.15) is 0 Å². The summed E-state index contributed by atoms with van der Waals surface area (Å²) in [6.45, 7) is 4.35. The minimum atomic E-state index is -3.53. The first-order valence-corrected chi connectivity index (χ1v) is 12.9. The maximum absolute atomic E-state index is 12.7. The molecule has 2 aliphatic rings. The molecule has 0 bridgehead atoms. The van der Waals surface area contributed by atoms with Crippen LogP contribution < -0.4 is 4.90 Å². The number of hydrogen-bond donors (Lipinski definition) is 0. The summed E-state index contributed by atoms with van der Waals surface area (Å²) in [4.78, 5) is 23.5. The van der Waals surface area contributed by atoms with Crippen LogP contribution in [0.15, 0.2) is 57.0 Å². The van der Waals surface area contributed by atoms with Crippen LogP contribution in [0.4, 0.5) is 11.4 Å². The van der Waals surface area contributed by atoms with Crippen LogP contribution in [0.25, 0.3) is 0 Å². The summed E-state index contributed by atoms with van der Waals surface area (Å²) in [6.07, 6.45) is 9.10. The lowest BCUT2D eigenvalue weighted by Gasteiger charge is -2.41. The number of aliphatic imine (C=N–C) groups is 1. The zero-order valence-corrected chi connectivity index (χ0v) is 20.1.